The summed E-state index contributed by atoms with van der Waals surface area (Å²) in [6.07, 6.45) is 0. The van der Waals surface area contributed by atoms with E-state index >= 15 is 0 Å². The van der Waals surface area contributed by atoms with Gasteiger partial charge in [-0.25, -0.2) is 4.79 Å². The summed E-state index contributed by atoms with van der Waals surface area (Å²) in [4.78, 5) is 26.9. The molecule has 0 aliphatic carbocycles. The summed E-state index contributed by atoms with van der Waals surface area (Å²) >= 11 is 0. The van der Waals surface area contributed by atoms with E-state index in [1.807, 2.05) is 43.4 Å². The highest BCUT2D eigenvalue weighted by molar-refractivity contribution is 5.96. The summed E-state index contributed by atoms with van der Waals surface area (Å²) in [7, 11) is 3.54. The lowest BCUT2D eigenvalue weighted by atomic mass is 10.1. The van der Waals surface area contributed by atoms with Crippen LogP contribution in [0.2, 0.25) is 0 Å². The van der Waals surface area contributed by atoms with E-state index in [4.69, 9.17) is 5.11 Å². The van der Waals surface area contributed by atoms with Crippen LogP contribution in [-0.2, 0) is 17.9 Å². The van der Waals surface area contributed by atoms with Crippen molar-refractivity contribution in [3.05, 3.63) is 71.3 Å². The van der Waals surface area contributed by atoms with E-state index < -0.39 is 12.0 Å². The Labute approximate surface area is 148 Å². The topological polar surface area (TPSA) is 60.9 Å². The van der Waals surface area contributed by atoms with Crippen molar-refractivity contribution in [3.8, 4) is 0 Å². The molecular weight excluding hydrogens is 316 g/mol. The minimum Gasteiger partial charge on any atom is -0.480 e. The molecule has 5 heteroatoms. The molecule has 0 aliphatic heterocycles. The smallest absolute Gasteiger partial charge is 0.326 e. The Hall–Kier alpha value is -2.66. The van der Waals surface area contributed by atoms with Crippen LogP contribution in [0.5, 0.6) is 0 Å². The molecular formula is C20H24N2O3. The maximum atomic E-state index is 12.5. The van der Waals surface area contributed by atoms with Gasteiger partial charge >= 0.3 is 5.97 Å². The zero-order valence-corrected chi connectivity index (χ0v) is 14.8. The Morgan fingerprint density at radius 1 is 0.960 bits per heavy atom. The molecule has 1 N–H and O–H groups in total. The van der Waals surface area contributed by atoms with Gasteiger partial charge in [0.2, 0.25) is 0 Å². The SMILES string of the molecule is CC(C(=O)O)N(C)C(=O)c1cccc(CN(C)Cc2ccccc2)c1. The fraction of sp³-hybridized carbons (Fsp3) is 0.300. The van der Waals surface area contributed by atoms with Gasteiger partial charge in [-0.2, -0.15) is 0 Å². The van der Waals surface area contributed by atoms with Crippen molar-refractivity contribution in [1.29, 1.82) is 0 Å². The summed E-state index contributed by atoms with van der Waals surface area (Å²) in [5.41, 5.74) is 2.74. The van der Waals surface area contributed by atoms with Crippen molar-refractivity contribution in [2.24, 2.45) is 0 Å². The third-order valence-corrected chi connectivity index (χ3v) is 4.18. The predicted molar refractivity (Wildman–Crippen MR) is 97.2 cm³/mol. The molecule has 0 spiro atoms. The third-order valence-electron chi connectivity index (χ3n) is 4.18. The average Bonchev–Trinajstić information content (AvgIpc) is 2.60. The lowest BCUT2D eigenvalue weighted by molar-refractivity contribution is -0.141. The Morgan fingerprint density at radius 2 is 1.56 bits per heavy atom. The average molecular weight is 340 g/mol. The van der Waals surface area contributed by atoms with Gasteiger partial charge in [-0.1, -0.05) is 42.5 Å². The number of rotatable bonds is 7. The van der Waals surface area contributed by atoms with Gasteiger partial charge in [-0.15, -0.1) is 0 Å². The van der Waals surface area contributed by atoms with Gasteiger partial charge in [0.05, 0.1) is 0 Å². The fourth-order valence-electron chi connectivity index (χ4n) is 2.61. The number of hydrogen-bond acceptors (Lipinski definition) is 3. The molecule has 2 aromatic rings. The van der Waals surface area contributed by atoms with Crippen LogP contribution in [0.1, 0.15) is 28.4 Å². The summed E-state index contributed by atoms with van der Waals surface area (Å²) in [5.74, 6) is -1.31. The lowest BCUT2D eigenvalue weighted by Crippen LogP contribution is -2.40. The molecule has 2 aromatic carbocycles. The number of aliphatic carboxylic acids is 1. The lowest BCUT2D eigenvalue weighted by Gasteiger charge is -2.22. The third kappa shape index (κ3) is 5.16. The first-order chi connectivity index (χ1) is 11.9. The van der Waals surface area contributed by atoms with E-state index in [1.54, 1.807) is 6.07 Å². The van der Waals surface area contributed by atoms with Crippen molar-refractivity contribution in [2.45, 2.75) is 26.1 Å². The summed E-state index contributed by atoms with van der Waals surface area (Å²) in [6, 6.07) is 16.7. The van der Waals surface area contributed by atoms with Crippen molar-refractivity contribution in [2.75, 3.05) is 14.1 Å². The Bertz CT molecular complexity index is 731. The number of carbonyl (C=O) groups excluding carboxylic acids is 1. The minimum atomic E-state index is -1.02. The highest BCUT2D eigenvalue weighted by Crippen LogP contribution is 2.13. The maximum Gasteiger partial charge on any atom is 0.326 e. The Morgan fingerprint density at radius 3 is 2.20 bits per heavy atom. The number of benzene rings is 2. The molecule has 0 heterocycles. The quantitative estimate of drug-likeness (QED) is 0.842. The van der Waals surface area contributed by atoms with E-state index in [0.717, 1.165) is 12.1 Å². The molecule has 0 saturated heterocycles. The number of likely N-dealkylation sites (N-methyl/N-ethyl adjacent to an activating group) is 1. The monoisotopic (exact) mass is 340 g/mol. The maximum absolute atomic E-state index is 12.5. The molecule has 0 radical (unpaired) electrons. The number of carboxylic acids is 1. The van der Waals surface area contributed by atoms with Gasteiger partial charge in [-0.05, 0) is 37.2 Å². The first kappa shape index (κ1) is 18.7. The number of carboxylic acid groups (broad SMARTS) is 1. The fourth-order valence-corrected chi connectivity index (χ4v) is 2.61. The summed E-state index contributed by atoms with van der Waals surface area (Å²) in [5, 5.41) is 9.06. The van der Waals surface area contributed by atoms with E-state index in [2.05, 4.69) is 17.0 Å². The van der Waals surface area contributed by atoms with Crippen molar-refractivity contribution in [1.82, 2.24) is 9.80 Å². The minimum absolute atomic E-state index is 0.289. The van der Waals surface area contributed by atoms with Gasteiger partial charge in [0.1, 0.15) is 6.04 Å². The highest BCUT2D eigenvalue weighted by atomic mass is 16.4. The van der Waals surface area contributed by atoms with Crippen LogP contribution in [0.25, 0.3) is 0 Å². The molecule has 5 nitrogen and oxygen atoms in total. The second kappa shape index (κ2) is 8.44. The number of amides is 1. The van der Waals surface area contributed by atoms with Gasteiger partial charge in [-0.3, -0.25) is 9.69 Å². The van der Waals surface area contributed by atoms with Crippen LogP contribution in [0, 0.1) is 0 Å². The summed E-state index contributed by atoms with van der Waals surface area (Å²) < 4.78 is 0. The zero-order valence-electron chi connectivity index (χ0n) is 14.8. The van der Waals surface area contributed by atoms with E-state index in [-0.39, 0.29) is 5.91 Å². The van der Waals surface area contributed by atoms with Crippen molar-refractivity contribution >= 4 is 11.9 Å². The molecule has 0 saturated carbocycles. The molecule has 0 aromatic heterocycles. The molecule has 0 bridgehead atoms. The zero-order chi connectivity index (χ0) is 18.4. The predicted octanol–water partition coefficient (Wildman–Crippen LogP) is 2.86. The standard InChI is InChI=1S/C20H24N2O3/c1-15(20(24)25)22(3)19(23)18-11-7-10-17(12-18)14-21(2)13-16-8-5-4-6-9-16/h4-12,15H,13-14H2,1-3H3,(H,24,25). The van der Waals surface area contributed by atoms with E-state index in [9.17, 15) is 9.59 Å². The first-order valence-electron chi connectivity index (χ1n) is 8.20. The summed E-state index contributed by atoms with van der Waals surface area (Å²) in [6.45, 7) is 3.01. The van der Waals surface area contributed by atoms with Crippen molar-refractivity contribution < 1.29 is 14.7 Å². The van der Waals surface area contributed by atoms with Gasteiger partial charge in [0.25, 0.3) is 5.91 Å². The van der Waals surface area contributed by atoms with Crippen LogP contribution in [0.15, 0.2) is 54.6 Å². The Balaban J connectivity index is 2.05. The van der Waals surface area contributed by atoms with Crippen LogP contribution in [0.4, 0.5) is 0 Å². The molecule has 0 aliphatic rings. The first-order valence-corrected chi connectivity index (χ1v) is 8.20. The van der Waals surface area contributed by atoms with Crippen LogP contribution in [-0.4, -0.2) is 46.9 Å². The van der Waals surface area contributed by atoms with Gasteiger partial charge < -0.3 is 10.0 Å². The van der Waals surface area contributed by atoms with Gasteiger partial charge in [0, 0.05) is 25.7 Å². The second-order valence-corrected chi connectivity index (χ2v) is 6.29. The molecule has 0 fully saturated rings. The van der Waals surface area contributed by atoms with Gasteiger partial charge in [0.15, 0.2) is 0 Å². The molecule has 25 heavy (non-hydrogen) atoms. The number of carbonyl (C=O) groups is 2. The van der Waals surface area contributed by atoms with Crippen LogP contribution >= 0.6 is 0 Å². The van der Waals surface area contributed by atoms with Crippen molar-refractivity contribution in [3.63, 3.8) is 0 Å². The second-order valence-electron chi connectivity index (χ2n) is 6.29. The van der Waals surface area contributed by atoms with E-state index in [1.165, 1.54) is 24.4 Å². The molecule has 132 valence electrons. The normalized spacial score (nSPS) is 12.0. The number of hydrogen-bond donors (Lipinski definition) is 1. The molecule has 1 amide bonds. The molecule has 2 rings (SSSR count). The Kier molecular flexibility index (Phi) is 6.31. The highest BCUT2D eigenvalue weighted by Gasteiger charge is 2.22. The van der Waals surface area contributed by atoms with E-state index in [0.29, 0.717) is 12.1 Å². The molecule has 1 unspecified atom stereocenters. The largest absolute Gasteiger partial charge is 0.480 e. The molecule has 1 atom stereocenters. The van der Waals surface area contributed by atoms with Crippen LogP contribution < -0.4 is 0 Å². The number of nitrogens with zero attached hydrogens (tertiary/aromatic N) is 2. The van der Waals surface area contributed by atoms with Crippen LogP contribution in [0.3, 0.4) is 0 Å².